The van der Waals surface area contributed by atoms with Gasteiger partial charge in [-0.05, 0) is 36.4 Å². The number of fused-ring (bicyclic) bond motifs is 3. The maximum Gasteiger partial charge on any atom is 0.227 e. The minimum absolute atomic E-state index is 0. The number of hydrogen-bond donors (Lipinski definition) is 0. The lowest BCUT2D eigenvalue weighted by molar-refractivity contribution is -0.140. The zero-order chi connectivity index (χ0) is 17.8. The molecular weight excluding hydrogens is 324 g/mol. The van der Waals surface area contributed by atoms with Crippen molar-refractivity contribution < 1.29 is 9.53 Å². The van der Waals surface area contributed by atoms with Gasteiger partial charge < -0.3 is 9.64 Å². The van der Waals surface area contributed by atoms with Gasteiger partial charge in [-0.1, -0.05) is 52.5 Å². The molecule has 3 aliphatic heterocycles. The highest BCUT2D eigenvalue weighted by Gasteiger charge is 2.39. The predicted octanol–water partition coefficient (Wildman–Crippen LogP) is 3.76. The van der Waals surface area contributed by atoms with Crippen molar-refractivity contribution in [2.24, 2.45) is 11.8 Å². The fourth-order valence-electron chi connectivity index (χ4n) is 4.56. The summed E-state index contributed by atoms with van der Waals surface area (Å²) in [6.45, 7) is 11.2. The van der Waals surface area contributed by atoms with Crippen molar-refractivity contribution in [1.82, 2.24) is 9.80 Å². The van der Waals surface area contributed by atoms with Crippen molar-refractivity contribution in [3.8, 4) is 0 Å². The highest BCUT2D eigenvalue weighted by atomic mass is 16.5. The largest absolute Gasteiger partial charge is 0.378 e. The normalized spacial score (nSPS) is 28.0. The molecule has 146 valence electrons. The van der Waals surface area contributed by atoms with Crippen molar-refractivity contribution in [1.29, 1.82) is 0 Å². The molecule has 4 rings (SSSR count). The van der Waals surface area contributed by atoms with Gasteiger partial charge in [0, 0.05) is 25.7 Å². The summed E-state index contributed by atoms with van der Waals surface area (Å²) in [7, 11) is 0. The highest BCUT2D eigenvalue weighted by molar-refractivity contribution is 5.79. The third-order valence-corrected chi connectivity index (χ3v) is 5.77. The predicted molar refractivity (Wildman–Crippen MR) is 107 cm³/mol. The summed E-state index contributed by atoms with van der Waals surface area (Å²) in [6.07, 6.45) is 2.11. The molecule has 1 aromatic rings. The van der Waals surface area contributed by atoms with Crippen LogP contribution in [0.15, 0.2) is 24.3 Å². The number of nitrogens with zero attached hydrogens (tertiary/aromatic N) is 2. The Hall–Kier alpha value is -1.39. The minimum Gasteiger partial charge on any atom is -0.378 e. The molecule has 0 N–H and O–H groups in total. The lowest BCUT2D eigenvalue weighted by atomic mass is 9.90. The summed E-state index contributed by atoms with van der Waals surface area (Å²) in [6, 6.07) is 9.25. The molecule has 3 heterocycles. The van der Waals surface area contributed by atoms with E-state index < -0.39 is 0 Å². The molecule has 0 saturated carbocycles. The van der Waals surface area contributed by atoms with Crippen molar-refractivity contribution >= 4 is 5.91 Å². The van der Waals surface area contributed by atoms with Gasteiger partial charge in [0.25, 0.3) is 0 Å². The minimum atomic E-state index is 0. The number of rotatable bonds is 1. The first-order valence-electron chi connectivity index (χ1n) is 9.92. The fourth-order valence-corrected chi connectivity index (χ4v) is 4.56. The lowest BCUT2D eigenvalue weighted by Gasteiger charge is -2.32. The van der Waals surface area contributed by atoms with E-state index in [9.17, 15) is 4.79 Å². The molecule has 4 heteroatoms. The smallest absolute Gasteiger partial charge is 0.227 e. The molecule has 4 nitrogen and oxygen atoms in total. The second-order valence-corrected chi connectivity index (χ2v) is 7.24. The number of hydrogen-bond acceptors (Lipinski definition) is 3. The lowest BCUT2D eigenvalue weighted by Crippen LogP contribution is -2.46. The summed E-state index contributed by atoms with van der Waals surface area (Å²) in [5, 5.41) is 0. The zero-order valence-corrected chi connectivity index (χ0v) is 15.9. The van der Waals surface area contributed by atoms with Crippen molar-refractivity contribution in [3.05, 3.63) is 35.4 Å². The SMILES string of the molecule is C.CC.CC1CCN2CC(C(=O)N3CCOCC3)Cc3ccccc3C12. The van der Waals surface area contributed by atoms with E-state index in [0.29, 0.717) is 31.1 Å². The number of benzene rings is 1. The Kier molecular flexibility index (Phi) is 7.66. The zero-order valence-electron chi connectivity index (χ0n) is 15.9. The van der Waals surface area contributed by atoms with Gasteiger partial charge in [-0.3, -0.25) is 9.69 Å². The molecule has 1 amide bonds. The average Bonchev–Trinajstić information content (AvgIpc) is 2.94. The number of amides is 1. The molecule has 0 aliphatic carbocycles. The van der Waals surface area contributed by atoms with Crippen molar-refractivity contribution in [2.45, 2.75) is 47.1 Å². The second kappa shape index (κ2) is 9.52. The Balaban J connectivity index is 0.000000784. The Morgan fingerprint density at radius 3 is 2.54 bits per heavy atom. The van der Waals surface area contributed by atoms with Crippen LogP contribution >= 0.6 is 0 Å². The molecule has 2 fully saturated rings. The van der Waals surface area contributed by atoms with Crippen molar-refractivity contribution in [2.75, 3.05) is 39.4 Å². The maximum absolute atomic E-state index is 13.0. The molecule has 0 spiro atoms. The van der Waals surface area contributed by atoms with Crippen LogP contribution in [0.25, 0.3) is 0 Å². The van der Waals surface area contributed by atoms with E-state index in [1.165, 1.54) is 17.5 Å². The van der Waals surface area contributed by atoms with E-state index in [4.69, 9.17) is 4.74 Å². The molecule has 3 atom stereocenters. The Bertz CT molecular complexity index is 583. The molecule has 0 radical (unpaired) electrons. The second-order valence-electron chi connectivity index (χ2n) is 7.24. The molecule has 0 bridgehead atoms. The highest BCUT2D eigenvalue weighted by Crippen LogP contribution is 2.41. The van der Waals surface area contributed by atoms with Gasteiger partial charge in [0.1, 0.15) is 0 Å². The van der Waals surface area contributed by atoms with Crippen LogP contribution in [-0.2, 0) is 16.0 Å². The van der Waals surface area contributed by atoms with E-state index in [2.05, 4.69) is 36.1 Å². The van der Waals surface area contributed by atoms with Gasteiger partial charge >= 0.3 is 0 Å². The molecule has 2 saturated heterocycles. The van der Waals surface area contributed by atoms with Gasteiger partial charge in [0.05, 0.1) is 19.1 Å². The van der Waals surface area contributed by atoms with Gasteiger partial charge in [0.2, 0.25) is 5.91 Å². The molecule has 3 unspecified atom stereocenters. The third kappa shape index (κ3) is 4.12. The van der Waals surface area contributed by atoms with Crippen LogP contribution in [0, 0.1) is 11.8 Å². The third-order valence-electron chi connectivity index (χ3n) is 5.77. The van der Waals surface area contributed by atoms with Crippen LogP contribution in [0.3, 0.4) is 0 Å². The summed E-state index contributed by atoms with van der Waals surface area (Å²) in [5.41, 5.74) is 2.83. The first-order valence-corrected chi connectivity index (χ1v) is 9.92. The molecule has 26 heavy (non-hydrogen) atoms. The van der Waals surface area contributed by atoms with Crippen LogP contribution in [-0.4, -0.2) is 55.1 Å². The Labute approximate surface area is 159 Å². The first kappa shape index (κ1) is 20.9. The van der Waals surface area contributed by atoms with Crippen LogP contribution in [0.5, 0.6) is 0 Å². The molecule has 0 aromatic heterocycles. The molecule has 1 aromatic carbocycles. The van der Waals surface area contributed by atoms with Crippen LogP contribution in [0.4, 0.5) is 0 Å². The Morgan fingerprint density at radius 1 is 1.12 bits per heavy atom. The number of ether oxygens (including phenoxy) is 1. The van der Waals surface area contributed by atoms with Crippen LogP contribution in [0.1, 0.15) is 51.8 Å². The standard InChI is InChI=1S/C19H26N2O2.C2H6.CH4/c1-14-6-7-21-13-16(19(22)20-8-10-23-11-9-20)12-15-4-2-3-5-17(15)18(14)21;1-2;/h2-5,14,16,18H,6-13H2,1H3;1-2H3;1H4. The number of morpholine rings is 1. The fraction of sp³-hybridized carbons (Fsp3) is 0.682. The van der Waals surface area contributed by atoms with Gasteiger partial charge in [-0.2, -0.15) is 0 Å². The summed E-state index contributed by atoms with van der Waals surface area (Å²) >= 11 is 0. The topological polar surface area (TPSA) is 32.8 Å². The van der Waals surface area contributed by atoms with E-state index >= 15 is 0 Å². The van der Waals surface area contributed by atoms with Gasteiger partial charge in [-0.15, -0.1) is 0 Å². The van der Waals surface area contributed by atoms with Crippen LogP contribution < -0.4 is 0 Å². The summed E-state index contributed by atoms with van der Waals surface area (Å²) in [5.74, 6) is 1.08. The number of carbonyl (C=O) groups excluding carboxylic acids is 1. The summed E-state index contributed by atoms with van der Waals surface area (Å²) in [4.78, 5) is 17.6. The van der Waals surface area contributed by atoms with Gasteiger partial charge in [0.15, 0.2) is 0 Å². The monoisotopic (exact) mass is 360 g/mol. The van der Waals surface area contributed by atoms with E-state index in [1.807, 2.05) is 18.7 Å². The summed E-state index contributed by atoms with van der Waals surface area (Å²) < 4.78 is 5.40. The number of carbonyl (C=O) groups is 1. The maximum atomic E-state index is 13.0. The quantitative estimate of drug-likeness (QED) is 0.764. The Morgan fingerprint density at radius 2 is 1.81 bits per heavy atom. The van der Waals surface area contributed by atoms with E-state index in [0.717, 1.165) is 32.6 Å². The average molecular weight is 361 g/mol. The van der Waals surface area contributed by atoms with E-state index in [-0.39, 0.29) is 13.3 Å². The molecule has 3 aliphatic rings. The first-order chi connectivity index (χ1) is 12.2. The van der Waals surface area contributed by atoms with Gasteiger partial charge in [-0.25, -0.2) is 0 Å². The van der Waals surface area contributed by atoms with Crippen molar-refractivity contribution in [3.63, 3.8) is 0 Å². The van der Waals surface area contributed by atoms with Crippen LogP contribution in [0.2, 0.25) is 0 Å². The molecular formula is C22H36N2O2. The van der Waals surface area contributed by atoms with E-state index in [1.54, 1.807) is 0 Å².